The van der Waals surface area contributed by atoms with Crippen LogP contribution in [-0.2, 0) is 19.3 Å². The van der Waals surface area contributed by atoms with Gasteiger partial charge in [-0.05, 0) is 208 Å². The van der Waals surface area contributed by atoms with Crippen LogP contribution in [0.25, 0.3) is 60.8 Å². The van der Waals surface area contributed by atoms with Gasteiger partial charge in [-0.3, -0.25) is 19.1 Å². The molecule has 1 aromatic heterocycles. The molecule has 8 aromatic rings. The average Bonchev–Trinajstić information content (AvgIpc) is 4.14. The normalized spacial score (nSPS) is 23.5. The Morgan fingerprint density at radius 3 is 2.39 bits per heavy atom. The van der Waals surface area contributed by atoms with E-state index < -0.39 is 0 Å². The van der Waals surface area contributed by atoms with Crippen molar-refractivity contribution in [3.8, 4) is 27.9 Å². The molecular formula is C58H37Br2N5O2. The van der Waals surface area contributed by atoms with Gasteiger partial charge >= 0.3 is 0 Å². The number of nitrogens with zero attached hydrogens (tertiary/aromatic N) is 4. The Labute approximate surface area is 401 Å². The second kappa shape index (κ2) is 12.1. The van der Waals surface area contributed by atoms with Crippen LogP contribution in [0.4, 0.5) is 0 Å². The number of amides is 1. The summed E-state index contributed by atoms with van der Waals surface area (Å²) in [6, 6.07) is 32.6. The molecule has 67 heavy (non-hydrogen) atoms. The Morgan fingerprint density at radius 1 is 0.776 bits per heavy atom. The molecule has 9 heteroatoms. The first-order chi connectivity index (χ1) is 32.7. The van der Waals surface area contributed by atoms with Gasteiger partial charge in [0.2, 0.25) is 0 Å². The van der Waals surface area contributed by atoms with E-state index in [2.05, 4.69) is 109 Å². The molecule has 6 unspecified atom stereocenters. The van der Waals surface area contributed by atoms with Gasteiger partial charge in [-0.25, -0.2) is 10.4 Å². The number of hydrogen-bond donors (Lipinski definition) is 1. The lowest BCUT2D eigenvalue weighted by atomic mass is 9.63. The number of carbonyl (C=O) groups is 1. The number of likely N-dealkylation sites (N-methyl/N-ethyl adjacent to an activating group) is 1. The number of carbonyl (C=O) groups excluding carboxylic acids is 1. The monoisotopic (exact) mass is 993 g/mol. The molecule has 0 saturated carbocycles. The number of hydrazone groups is 1. The number of allylic oxidation sites excluding steroid dienone is 2. The number of aromatic nitrogens is 2. The predicted molar refractivity (Wildman–Crippen MR) is 270 cm³/mol. The van der Waals surface area contributed by atoms with Gasteiger partial charge in [0.1, 0.15) is 5.82 Å². The zero-order valence-electron chi connectivity index (χ0n) is 36.4. The zero-order valence-corrected chi connectivity index (χ0v) is 39.6. The highest BCUT2D eigenvalue weighted by atomic mass is 79.9. The molecule has 17 rings (SSSR count). The maximum absolute atomic E-state index is 13.6. The lowest BCUT2D eigenvalue weighted by Gasteiger charge is -2.39. The van der Waals surface area contributed by atoms with Crippen molar-refractivity contribution in [1.29, 1.82) is 0 Å². The highest BCUT2D eigenvalue weighted by Gasteiger charge is 2.60. The van der Waals surface area contributed by atoms with E-state index in [0.717, 1.165) is 27.5 Å². The van der Waals surface area contributed by atoms with Crippen LogP contribution < -0.4 is 11.0 Å². The smallest absolute Gasteiger partial charge is 0.271 e. The summed E-state index contributed by atoms with van der Waals surface area (Å²) in [5.41, 5.74) is 34.4. The van der Waals surface area contributed by atoms with Gasteiger partial charge in [-0.2, -0.15) is 5.10 Å². The number of rotatable bonds is 5. The Balaban J connectivity index is 0.702. The molecular weight excluding hydrogens is 958 g/mol. The third-order valence-corrected chi connectivity index (χ3v) is 18.8. The fourth-order valence-corrected chi connectivity index (χ4v) is 16.9. The maximum atomic E-state index is 13.6. The summed E-state index contributed by atoms with van der Waals surface area (Å²) in [6.07, 6.45) is 5.10. The maximum Gasteiger partial charge on any atom is 0.271 e. The van der Waals surface area contributed by atoms with Crippen molar-refractivity contribution < 1.29 is 4.79 Å². The fourth-order valence-electron chi connectivity index (χ4n) is 15.6. The molecule has 0 radical (unpaired) electrons. The Kier molecular flexibility index (Phi) is 6.63. The van der Waals surface area contributed by atoms with Crippen LogP contribution in [0, 0.1) is 12.8 Å². The molecule has 1 N–H and O–H groups in total. The number of benzene rings is 7. The molecule has 1 aliphatic heterocycles. The third-order valence-electron chi connectivity index (χ3n) is 17.7. The summed E-state index contributed by atoms with van der Waals surface area (Å²) in [5, 5.41) is 7.93. The topological polar surface area (TPSA) is 79.6 Å². The summed E-state index contributed by atoms with van der Waals surface area (Å²) in [7, 11) is 2.34. The SMILES string of the molecule is Cc1nc2c(Br)cc(Br)cc2c(=O)n1-c1ccc(C(=O)N/N=C/c2ccc(C3C4c5cc6c7c8c5-c5c(cc9c%10c5C8C5C8=C%10C(C9)Cc9ccc%10cc(c-7c5c%10c98)C6)C4CN3C)cc2)cc1. The lowest BCUT2D eigenvalue weighted by molar-refractivity contribution is 0.0955. The van der Waals surface area contributed by atoms with Crippen molar-refractivity contribution in [2.45, 2.75) is 55.9 Å². The van der Waals surface area contributed by atoms with Crippen molar-refractivity contribution >= 4 is 76.8 Å². The number of halogens is 2. The Hall–Kier alpha value is -6.26. The van der Waals surface area contributed by atoms with Crippen LogP contribution in [0.5, 0.6) is 0 Å². The average molecular weight is 996 g/mol. The van der Waals surface area contributed by atoms with Crippen LogP contribution >= 0.6 is 31.9 Å². The van der Waals surface area contributed by atoms with E-state index in [9.17, 15) is 9.59 Å². The lowest BCUT2D eigenvalue weighted by Crippen LogP contribution is -2.23. The van der Waals surface area contributed by atoms with Crippen molar-refractivity contribution in [3.63, 3.8) is 0 Å². The van der Waals surface area contributed by atoms with Crippen LogP contribution in [0.15, 0.2) is 110 Å². The highest BCUT2D eigenvalue weighted by molar-refractivity contribution is 9.11. The molecule has 0 spiro atoms. The van der Waals surface area contributed by atoms with Gasteiger partial charge < -0.3 is 0 Å². The summed E-state index contributed by atoms with van der Waals surface area (Å²) in [6.45, 7) is 2.84. The molecule has 1 amide bonds. The number of aryl methyl sites for hydroxylation is 1. The fraction of sp³-hybridized carbons (Fsp3) is 0.207. The first kappa shape index (κ1) is 36.8. The van der Waals surface area contributed by atoms with Crippen molar-refractivity contribution in [2.75, 3.05) is 13.6 Å². The minimum atomic E-state index is -0.331. The summed E-state index contributed by atoms with van der Waals surface area (Å²) < 4.78 is 3.09. The molecule has 320 valence electrons. The van der Waals surface area contributed by atoms with Crippen LogP contribution in [-0.4, -0.2) is 40.2 Å². The predicted octanol–water partition coefficient (Wildman–Crippen LogP) is 11.8. The number of likely N-dealkylation sites (tertiary alicyclic amines) is 1. The first-order valence-electron chi connectivity index (χ1n) is 23.6. The van der Waals surface area contributed by atoms with E-state index in [1.165, 1.54) is 23.8 Å². The first-order valence-corrected chi connectivity index (χ1v) is 25.2. The van der Waals surface area contributed by atoms with Gasteiger partial charge in [-0.15, -0.1) is 0 Å². The van der Waals surface area contributed by atoms with Gasteiger partial charge in [0, 0.05) is 50.8 Å². The summed E-state index contributed by atoms with van der Waals surface area (Å²) in [4.78, 5) is 34.2. The Morgan fingerprint density at radius 2 is 1.54 bits per heavy atom. The van der Waals surface area contributed by atoms with E-state index in [-0.39, 0.29) is 17.5 Å². The van der Waals surface area contributed by atoms with E-state index >= 15 is 0 Å². The highest BCUT2D eigenvalue weighted by Crippen LogP contribution is 2.77. The Bertz CT molecular complexity index is 3980. The quantitative estimate of drug-likeness (QED) is 0.138. The molecule has 0 bridgehead atoms. The van der Waals surface area contributed by atoms with Crippen LogP contribution in [0.1, 0.15) is 118 Å². The molecule has 1 fully saturated rings. The largest absolute Gasteiger partial charge is 0.298 e. The molecule has 1 saturated heterocycles. The molecule has 9 aliphatic rings. The van der Waals surface area contributed by atoms with Crippen LogP contribution in [0.2, 0.25) is 0 Å². The number of nitrogens with one attached hydrogen (secondary N) is 1. The van der Waals surface area contributed by atoms with E-state index in [1.807, 2.05) is 6.07 Å². The van der Waals surface area contributed by atoms with Gasteiger partial charge in [-0.1, -0.05) is 70.5 Å². The number of fused-ring (bicyclic) bond motifs is 4. The van der Waals surface area contributed by atoms with Crippen LogP contribution in [0.3, 0.4) is 0 Å². The third kappa shape index (κ3) is 4.24. The number of hydrogen-bond acceptors (Lipinski definition) is 5. The van der Waals surface area contributed by atoms with Crippen molar-refractivity contribution in [1.82, 2.24) is 19.9 Å². The molecule has 7 aromatic carbocycles. The van der Waals surface area contributed by atoms with E-state index in [0.29, 0.717) is 57.6 Å². The molecule has 7 nitrogen and oxygen atoms in total. The zero-order chi connectivity index (χ0) is 44.2. The van der Waals surface area contributed by atoms with Gasteiger partial charge in [0.25, 0.3) is 11.5 Å². The molecule has 2 heterocycles. The van der Waals surface area contributed by atoms with Gasteiger partial charge in [0.05, 0.1) is 22.8 Å². The summed E-state index contributed by atoms with van der Waals surface area (Å²) in [5.74, 6) is 2.51. The van der Waals surface area contributed by atoms with Gasteiger partial charge in [0.15, 0.2) is 0 Å². The van der Waals surface area contributed by atoms with E-state index in [1.54, 1.807) is 148 Å². The molecule has 6 atom stereocenters. The van der Waals surface area contributed by atoms with E-state index in [4.69, 9.17) is 4.98 Å². The van der Waals surface area contributed by atoms with Crippen molar-refractivity contribution in [3.05, 3.63) is 194 Å². The van der Waals surface area contributed by atoms with Crippen molar-refractivity contribution in [2.24, 2.45) is 11.0 Å². The second-order valence-corrected chi connectivity index (χ2v) is 22.4. The second-order valence-electron chi connectivity index (χ2n) is 20.7. The minimum absolute atomic E-state index is 0.183. The molecule has 8 aliphatic carbocycles. The summed E-state index contributed by atoms with van der Waals surface area (Å²) >= 11 is 7.02. The standard InChI is InChI=1S/C58H37Br2N5O2/c1-23-62-55-37(19-33(59)20-39(55)60)58(67)65(23)34-11-9-26(10-12-34)57(66)63-61-21-24-3-5-25(6-4-24)56-46-36-18-32-16-30-14-28-8-7-27-13-29-15-31-17-35(38(46)22-64(56)2)47-48(36)52-45(32)43(30)50-41(28)40(27)49-42(29)44(31)51(47)54(52)53(49)50/h3-12,14,17-21,29,38,46,53-54,56H,13,15-16,22H2,1-2H3,(H,63,66)/b61-21+. The minimum Gasteiger partial charge on any atom is -0.298 e.